The monoisotopic (exact) mass is 337 g/mol. The summed E-state index contributed by atoms with van der Waals surface area (Å²) in [5, 5.41) is 8.03. The van der Waals surface area contributed by atoms with E-state index in [0.29, 0.717) is 23.7 Å². The Hall–Kier alpha value is -2.59. The Balaban J connectivity index is 1.65. The molecule has 1 amide bonds. The largest absolute Gasteiger partial charge is 0.328 e. The van der Waals surface area contributed by atoms with Gasteiger partial charge in [0, 0.05) is 11.1 Å². The number of benzene rings is 2. The lowest BCUT2D eigenvalue weighted by atomic mass is 10.0. The van der Waals surface area contributed by atoms with Crippen molar-refractivity contribution in [2.24, 2.45) is 0 Å². The molecule has 120 valence electrons. The van der Waals surface area contributed by atoms with E-state index >= 15 is 0 Å². The van der Waals surface area contributed by atoms with Gasteiger partial charge < -0.3 is 4.90 Å². The number of aromatic amines is 1. The van der Waals surface area contributed by atoms with E-state index in [1.807, 2.05) is 24.3 Å². The number of carbonyl (C=O) groups excluding carboxylic acids is 1. The average molecular weight is 338 g/mol. The van der Waals surface area contributed by atoms with Crippen molar-refractivity contribution >= 4 is 17.5 Å². The zero-order valence-corrected chi connectivity index (χ0v) is 14.0. The van der Waals surface area contributed by atoms with Gasteiger partial charge in [0.15, 0.2) is 0 Å². The highest BCUT2D eigenvalue weighted by Crippen LogP contribution is 2.33. The highest BCUT2D eigenvalue weighted by atomic mass is 35.5. The molecule has 4 rings (SSSR count). The van der Waals surface area contributed by atoms with Crippen LogP contribution in [-0.2, 0) is 13.1 Å². The van der Waals surface area contributed by atoms with E-state index in [-0.39, 0.29) is 5.91 Å². The number of nitrogens with zero attached hydrogens (tertiary/aromatic N) is 2. The smallest absolute Gasteiger partial charge is 0.256 e. The lowest BCUT2D eigenvalue weighted by Crippen LogP contribution is -2.26. The predicted molar refractivity (Wildman–Crippen MR) is 93.8 cm³/mol. The molecule has 3 aromatic rings. The quantitative estimate of drug-likeness (QED) is 0.762. The van der Waals surface area contributed by atoms with Crippen LogP contribution in [0.4, 0.5) is 0 Å². The van der Waals surface area contributed by atoms with E-state index < -0.39 is 0 Å². The molecule has 0 atom stereocenters. The van der Waals surface area contributed by atoms with Gasteiger partial charge >= 0.3 is 0 Å². The molecule has 2 heterocycles. The molecule has 0 bridgehead atoms. The van der Waals surface area contributed by atoms with E-state index in [1.165, 1.54) is 5.56 Å². The Morgan fingerprint density at radius 1 is 1.12 bits per heavy atom. The zero-order chi connectivity index (χ0) is 16.7. The summed E-state index contributed by atoms with van der Waals surface area (Å²) in [6, 6.07) is 15.3. The molecule has 4 nitrogen and oxygen atoms in total. The van der Waals surface area contributed by atoms with Crippen LogP contribution in [-0.4, -0.2) is 21.0 Å². The fraction of sp³-hybridized carbons (Fsp3) is 0.158. The van der Waals surface area contributed by atoms with Gasteiger partial charge in [-0.3, -0.25) is 9.89 Å². The van der Waals surface area contributed by atoms with Crippen molar-refractivity contribution in [2.45, 2.75) is 20.0 Å². The first-order valence-electron chi connectivity index (χ1n) is 7.81. The van der Waals surface area contributed by atoms with Crippen LogP contribution in [0.2, 0.25) is 5.02 Å². The van der Waals surface area contributed by atoms with Gasteiger partial charge in [0.05, 0.1) is 35.1 Å². The Morgan fingerprint density at radius 2 is 1.88 bits per heavy atom. The first-order valence-corrected chi connectivity index (χ1v) is 8.19. The van der Waals surface area contributed by atoms with Gasteiger partial charge in [-0.15, -0.1) is 0 Å². The number of amides is 1. The molecular weight excluding hydrogens is 322 g/mol. The number of halogens is 1. The van der Waals surface area contributed by atoms with Gasteiger partial charge in [0.2, 0.25) is 0 Å². The van der Waals surface area contributed by atoms with Gasteiger partial charge in [-0.1, -0.05) is 48.0 Å². The number of aromatic nitrogens is 2. The van der Waals surface area contributed by atoms with E-state index in [2.05, 4.69) is 29.3 Å². The van der Waals surface area contributed by atoms with Crippen molar-refractivity contribution in [2.75, 3.05) is 0 Å². The Bertz CT molecular complexity index is 932. The fourth-order valence-corrected chi connectivity index (χ4v) is 3.37. The molecule has 1 N–H and O–H groups in total. The first-order chi connectivity index (χ1) is 11.6. The van der Waals surface area contributed by atoms with Crippen molar-refractivity contribution < 1.29 is 4.79 Å². The molecular formula is C19H16ClN3O. The fourth-order valence-electron chi connectivity index (χ4n) is 3.15. The molecule has 24 heavy (non-hydrogen) atoms. The van der Waals surface area contributed by atoms with Gasteiger partial charge in [0.1, 0.15) is 0 Å². The molecule has 0 fully saturated rings. The Labute approximate surface area is 145 Å². The molecule has 0 saturated carbocycles. The number of carbonyl (C=O) groups is 1. The highest BCUT2D eigenvalue weighted by molar-refractivity contribution is 6.33. The van der Waals surface area contributed by atoms with Crippen molar-refractivity contribution in [3.8, 4) is 11.3 Å². The third-order valence-corrected chi connectivity index (χ3v) is 4.77. The summed E-state index contributed by atoms with van der Waals surface area (Å²) in [5.74, 6) is -0.0547. The minimum Gasteiger partial charge on any atom is -0.328 e. The van der Waals surface area contributed by atoms with Gasteiger partial charge in [0.25, 0.3) is 5.91 Å². The van der Waals surface area contributed by atoms with E-state index in [4.69, 9.17) is 11.6 Å². The summed E-state index contributed by atoms with van der Waals surface area (Å²) in [6.45, 7) is 3.13. The van der Waals surface area contributed by atoms with E-state index in [9.17, 15) is 4.79 Å². The maximum Gasteiger partial charge on any atom is 0.256 e. The molecule has 0 spiro atoms. The summed E-state index contributed by atoms with van der Waals surface area (Å²) >= 11 is 6.16. The van der Waals surface area contributed by atoms with Crippen LogP contribution in [0.1, 0.15) is 27.2 Å². The lowest BCUT2D eigenvalue weighted by Gasteiger charge is -2.16. The molecule has 1 aliphatic heterocycles. The van der Waals surface area contributed by atoms with Crippen LogP contribution in [0.15, 0.2) is 48.5 Å². The van der Waals surface area contributed by atoms with Crippen LogP contribution in [0.25, 0.3) is 11.3 Å². The summed E-state index contributed by atoms with van der Waals surface area (Å²) in [6.07, 6.45) is 0. The second kappa shape index (κ2) is 5.80. The number of hydrogen-bond donors (Lipinski definition) is 1. The average Bonchev–Trinajstić information content (AvgIpc) is 3.16. The van der Waals surface area contributed by atoms with E-state index in [0.717, 1.165) is 22.5 Å². The van der Waals surface area contributed by atoms with Crippen molar-refractivity contribution in [3.05, 3.63) is 75.9 Å². The van der Waals surface area contributed by atoms with Gasteiger partial charge in [-0.25, -0.2) is 0 Å². The minimum atomic E-state index is -0.0547. The van der Waals surface area contributed by atoms with Gasteiger partial charge in [-0.2, -0.15) is 5.10 Å². The topological polar surface area (TPSA) is 49.0 Å². The SMILES string of the molecule is Cc1ccccc1-c1n[nH]c2c1CN(C(=O)c1ccccc1Cl)C2. The molecule has 1 aliphatic rings. The minimum absolute atomic E-state index is 0.0547. The van der Waals surface area contributed by atoms with E-state index in [1.54, 1.807) is 17.0 Å². The number of H-pyrrole nitrogens is 1. The van der Waals surface area contributed by atoms with Crippen molar-refractivity contribution in [3.63, 3.8) is 0 Å². The maximum atomic E-state index is 12.8. The van der Waals surface area contributed by atoms with Crippen LogP contribution in [0.3, 0.4) is 0 Å². The van der Waals surface area contributed by atoms with Crippen molar-refractivity contribution in [1.82, 2.24) is 15.1 Å². The number of fused-ring (bicyclic) bond motifs is 1. The number of rotatable bonds is 2. The van der Waals surface area contributed by atoms with Crippen LogP contribution in [0, 0.1) is 6.92 Å². The lowest BCUT2D eigenvalue weighted by molar-refractivity contribution is 0.0750. The van der Waals surface area contributed by atoms with Crippen LogP contribution >= 0.6 is 11.6 Å². The summed E-state index contributed by atoms with van der Waals surface area (Å²) in [4.78, 5) is 14.6. The molecule has 0 aliphatic carbocycles. The standard InChI is InChI=1S/C19H16ClN3O/c1-12-6-2-3-7-13(12)18-15-10-23(11-17(15)21-22-18)19(24)14-8-4-5-9-16(14)20/h2-9H,10-11H2,1H3,(H,21,22). The van der Waals surface area contributed by atoms with Gasteiger partial charge in [-0.05, 0) is 24.6 Å². The Morgan fingerprint density at radius 3 is 2.67 bits per heavy atom. The van der Waals surface area contributed by atoms with Crippen molar-refractivity contribution in [1.29, 1.82) is 0 Å². The molecule has 5 heteroatoms. The Kier molecular flexibility index (Phi) is 3.62. The molecule has 0 saturated heterocycles. The maximum absolute atomic E-state index is 12.8. The number of aryl methyl sites for hydroxylation is 1. The second-order valence-corrected chi connectivity index (χ2v) is 6.39. The highest BCUT2D eigenvalue weighted by Gasteiger charge is 2.30. The molecule has 1 aromatic heterocycles. The normalized spacial score (nSPS) is 13.2. The third kappa shape index (κ3) is 2.39. The third-order valence-electron chi connectivity index (χ3n) is 4.44. The first kappa shape index (κ1) is 15.0. The second-order valence-electron chi connectivity index (χ2n) is 5.99. The molecule has 0 radical (unpaired) electrons. The number of hydrogen-bond acceptors (Lipinski definition) is 2. The zero-order valence-electron chi connectivity index (χ0n) is 13.2. The predicted octanol–water partition coefficient (Wildman–Crippen LogP) is 4.19. The summed E-state index contributed by atoms with van der Waals surface area (Å²) in [5.41, 5.74) is 5.82. The molecule has 2 aromatic carbocycles. The number of nitrogens with one attached hydrogen (secondary N) is 1. The summed E-state index contributed by atoms with van der Waals surface area (Å²) in [7, 11) is 0. The molecule has 0 unspecified atom stereocenters. The van der Waals surface area contributed by atoms with Crippen LogP contribution in [0.5, 0.6) is 0 Å². The van der Waals surface area contributed by atoms with Crippen LogP contribution < -0.4 is 0 Å². The summed E-state index contributed by atoms with van der Waals surface area (Å²) < 4.78 is 0.